The molecule has 0 saturated carbocycles. The summed E-state index contributed by atoms with van der Waals surface area (Å²) in [5.41, 5.74) is 0. The van der Waals surface area contributed by atoms with E-state index in [-0.39, 0.29) is 6.04 Å². The number of nitrogens with zero attached hydrogens (tertiary/aromatic N) is 2. The molecular weight excluding hydrogens is 220 g/mol. The summed E-state index contributed by atoms with van der Waals surface area (Å²) in [4.78, 5) is 0. The van der Waals surface area contributed by atoms with Crippen molar-refractivity contribution in [3.8, 4) is 0 Å². The Bertz CT molecular complexity index is 303. The lowest BCUT2D eigenvalue weighted by Gasteiger charge is -2.04. The molecule has 1 heterocycles. The van der Waals surface area contributed by atoms with E-state index in [2.05, 4.69) is 27.8 Å². The molecule has 0 bridgehead atoms. The lowest BCUT2D eigenvalue weighted by atomic mass is 10.3. The standard InChI is InChI=1S/C11H22N4O2/c1-4-7-16-8-5-6-13-11-15-14-10(17-11)9(2)12-3/h9,12H,4-8H2,1-3H3,(H,13,15). The molecule has 0 aromatic carbocycles. The summed E-state index contributed by atoms with van der Waals surface area (Å²) in [6.45, 7) is 6.43. The first-order valence-corrected chi connectivity index (χ1v) is 6.10. The minimum atomic E-state index is 0.0749. The van der Waals surface area contributed by atoms with Crippen molar-refractivity contribution in [3.63, 3.8) is 0 Å². The fraction of sp³-hybridized carbons (Fsp3) is 0.818. The molecule has 0 spiro atoms. The Kier molecular flexibility index (Phi) is 6.57. The molecule has 1 atom stereocenters. The second-order valence-corrected chi connectivity index (χ2v) is 3.85. The number of hydrogen-bond donors (Lipinski definition) is 2. The monoisotopic (exact) mass is 242 g/mol. The molecule has 98 valence electrons. The van der Waals surface area contributed by atoms with E-state index < -0.39 is 0 Å². The molecule has 0 amide bonds. The first-order chi connectivity index (χ1) is 8.27. The zero-order chi connectivity index (χ0) is 12.5. The number of rotatable bonds is 9. The van der Waals surface area contributed by atoms with Gasteiger partial charge in [-0.05, 0) is 26.8 Å². The first-order valence-electron chi connectivity index (χ1n) is 6.10. The van der Waals surface area contributed by atoms with Crippen LogP contribution in [0.5, 0.6) is 0 Å². The van der Waals surface area contributed by atoms with E-state index in [4.69, 9.17) is 9.15 Å². The maximum absolute atomic E-state index is 5.43. The van der Waals surface area contributed by atoms with E-state index >= 15 is 0 Å². The molecule has 1 aromatic rings. The smallest absolute Gasteiger partial charge is 0.315 e. The number of hydrogen-bond acceptors (Lipinski definition) is 6. The van der Waals surface area contributed by atoms with Gasteiger partial charge in [-0.1, -0.05) is 12.0 Å². The van der Waals surface area contributed by atoms with Crippen molar-refractivity contribution < 1.29 is 9.15 Å². The highest BCUT2D eigenvalue weighted by Gasteiger charge is 2.10. The molecule has 1 unspecified atom stereocenters. The van der Waals surface area contributed by atoms with E-state index in [0.29, 0.717) is 11.9 Å². The van der Waals surface area contributed by atoms with Gasteiger partial charge >= 0.3 is 6.01 Å². The molecule has 6 heteroatoms. The van der Waals surface area contributed by atoms with E-state index in [1.807, 2.05) is 14.0 Å². The lowest BCUT2D eigenvalue weighted by Crippen LogP contribution is -2.12. The van der Waals surface area contributed by atoms with E-state index in [1.54, 1.807) is 0 Å². The molecule has 1 aromatic heterocycles. The topological polar surface area (TPSA) is 72.2 Å². The average Bonchev–Trinajstić information content (AvgIpc) is 2.81. The van der Waals surface area contributed by atoms with Gasteiger partial charge in [-0.2, -0.15) is 0 Å². The maximum atomic E-state index is 5.43. The van der Waals surface area contributed by atoms with Crippen LogP contribution in [0.15, 0.2) is 4.42 Å². The Labute approximate surface area is 102 Å². The third kappa shape index (κ3) is 5.14. The fourth-order valence-electron chi connectivity index (χ4n) is 1.22. The summed E-state index contributed by atoms with van der Waals surface area (Å²) in [6, 6.07) is 0.545. The fourth-order valence-corrected chi connectivity index (χ4v) is 1.22. The van der Waals surface area contributed by atoms with Gasteiger partial charge in [0.15, 0.2) is 0 Å². The summed E-state index contributed by atoms with van der Waals surface area (Å²) in [6.07, 6.45) is 1.99. The Balaban J connectivity index is 2.16. The van der Waals surface area contributed by atoms with E-state index in [0.717, 1.165) is 32.6 Å². The summed E-state index contributed by atoms with van der Waals surface area (Å²) < 4.78 is 10.8. The number of ether oxygens (including phenoxy) is 1. The molecule has 0 saturated heterocycles. The normalized spacial score (nSPS) is 12.6. The largest absolute Gasteiger partial charge is 0.406 e. The second kappa shape index (κ2) is 8.03. The molecule has 17 heavy (non-hydrogen) atoms. The van der Waals surface area contributed by atoms with Crippen LogP contribution in [-0.2, 0) is 4.74 Å². The minimum Gasteiger partial charge on any atom is -0.406 e. The third-order valence-corrected chi connectivity index (χ3v) is 2.33. The highest BCUT2D eigenvalue weighted by Crippen LogP contribution is 2.12. The van der Waals surface area contributed by atoms with Crippen molar-refractivity contribution in [1.82, 2.24) is 15.5 Å². The van der Waals surface area contributed by atoms with Gasteiger partial charge in [-0.3, -0.25) is 0 Å². The average molecular weight is 242 g/mol. The van der Waals surface area contributed by atoms with Crippen molar-refractivity contribution >= 4 is 6.01 Å². The first kappa shape index (κ1) is 13.9. The maximum Gasteiger partial charge on any atom is 0.315 e. The number of nitrogens with one attached hydrogen (secondary N) is 2. The van der Waals surface area contributed by atoms with Gasteiger partial charge in [-0.25, -0.2) is 0 Å². The highest BCUT2D eigenvalue weighted by molar-refractivity contribution is 5.16. The Hall–Kier alpha value is -1.14. The van der Waals surface area contributed by atoms with Crippen molar-refractivity contribution in [1.29, 1.82) is 0 Å². The van der Waals surface area contributed by atoms with E-state index in [9.17, 15) is 0 Å². The van der Waals surface area contributed by atoms with Crippen molar-refractivity contribution in [3.05, 3.63) is 5.89 Å². The van der Waals surface area contributed by atoms with Crippen molar-refractivity contribution in [2.45, 2.75) is 32.7 Å². The quantitative estimate of drug-likeness (QED) is 0.641. The number of anilines is 1. The highest BCUT2D eigenvalue weighted by atomic mass is 16.5. The van der Waals surface area contributed by atoms with Crippen LogP contribution in [-0.4, -0.2) is 37.0 Å². The molecule has 0 aliphatic carbocycles. The molecule has 0 aliphatic rings. The van der Waals surface area contributed by atoms with Gasteiger partial charge in [0.2, 0.25) is 5.89 Å². The minimum absolute atomic E-state index is 0.0749. The van der Waals surface area contributed by atoms with Gasteiger partial charge in [0.25, 0.3) is 0 Å². The molecule has 0 fully saturated rings. The zero-order valence-corrected chi connectivity index (χ0v) is 10.8. The van der Waals surface area contributed by atoms with Gasteiger partial charge in [0.1, 0.15) is 0 Å². The van der Waals surface area contributed by atoms with Gasteiger partial charge in [0.05, 0.1) is 6.04 Å². The zero-order valence-electron chi connectivity index (χ0n) is 10.8. The lowest BCUT2D eigenvalue weighted by molar-refractivity contribution is 0.134. The third-order valence-electron chi connectivity index (χ3n) is 2.33. The Morgan fingerprint density at radius 3 is 2.88 bits per heavy atom. The second-order valence-electron chi connectivity index (χ2n) is 3.85. The van der Waals surface area contributed by atoms with Gasteiger partial charge < -0.3 is 19.8 Å². The summed E-state index contributed by atoms with van der Waals surface area (Å²) >= 11 is 0. The molecule has 0 radical (unpaired) electrons. The predicted molar refractivity (Wildman–Crippen MR) is 66.0 cm³/mol. The van der Waals surface area contributed by atoms with Crippen molar-refractivity contribution in [2.75, 3.05) is 32.1 Å². The molecule has 6 nitrogen and oxygen atoms in total. The molecule has 0 aliphatic heterocycles. The van der Waals surface area contributed by atoms with Crippen LogP contribution < -0.4 is 10.6 Å². The predicted octanol–water partition coefficient (Wildman–Crippen LogP) is 1.58. The molecule has 2 N–H and O–H groups in total. The summed E-state index contributed by atoms with van der Waals surface area (Å²) in [5.74, 6) is 0.595. The van der Waals surface area contributed by atoms with Crippen LogP contribution in [0.1, 0.15) is 38.6 Å². The van der Waals surface area contributed by atoms with Crippen molar-refractivity contribution in [2.24, 2.45) is 0 Å². The van der Waals surface area contributed by atoms with Crippen LogP contribution >= 0.6 is 0 Å². The van der Waals surface area contributed by atoms with Gasteiger partial charge in [0, 0.05) is 19.8 Å². The molecular formula is C11H22N4O2. The Morgan fingerprint density at radius 2 is 2.18 bits per heavy atom. The summed E-state index contributed by atoms with van der Waals surface area (Å²) in [5, 5.41) is 14.0. The Morgan fingerprint density at radius 1 is 1.35 bits per heavy atom. The van der Waals surface area contributed by atoms with Crippen LogP contribution in [0.2, 0.25) is 0 Å². The molecule has 1 rings (SSSR count). The van der Waals surface area contributed by atoms with E-state index in [1.165, 1.54) is 0 Å². The SMILES string of the molecule is CCCOCCCNc1nnc(C(C)NC)o1. The van der Waals surface area contributed by atoms with Crippen LogP contribution in [0, 0.1) is 0 Å². The van der Waals surface area contributed by atoms with Gasteiger partial charge in [-0.15, -0.1) is 5.10 Å². The van der Waals surface area contributed by atoms with Crippen LogP contribution in [0.4, 0.5) is 6.01 Å². The van der Waals surface area contributed by atoms with Crippen LogP contribution in [0.25, 0.3) is 0 Å². The summed E-state index contributed by atoms with van der Waals surface area (Å²) in [7, 11) is 1.85. The number of aromatic nitrogens is 2. The van der Waals surface area contributed by atoms with Crippen LogP contribution in [0.3, 0.4) is 0 Å².